The van der Waals surface area contributed by atoms with Crippen LogP contribution in [0.15, 0.2) is 86.0 Å². The topological polar surface area (TPSA) is 87.7 Å². The van der Waals surface area contributed by atoms with Crippen LogP contribution in [-0.2, 0) is 14.3 Å². The van der Waals surface area contributed by atoms with Crippen LogP contribution in [0.2, 0.25) is 0 Å². The maximum atomic E-state index is 14.1. The van der Waals surface area contributed by atoms with E-state index < -0.39 is 0 Å². The van der Waals surface area contributed by atoms with Gasteiger partial charge < -0.3 is 15.0 Å². The number of aryl methyl sites for hydroxylation is 1. The molecule has 0 fully saturated rings. The summed E-state index contributed by atoms with van der Waals surface area (Å²) in [7, 11) is 2.10. The number of fused-ring (bicyclic) bond motifs is 2. The molecule has 7 rings (SSSR count). The Morgan fingerprint density at radius 3 is 1.76 bits per heavy atom. The number of unbranched alkanes of at least 4 members (excludes halogenated alkanes) is 12. The van der Waals surface area contributed by atoms with Crippen LogP contribution >= 0.6 is 0 Å². The van der Waals surface area contributed by atoms with E-state index in [0.29, 0.717) is 30.4 Å². The lowest BCUT2D eigenvalue weighted by Crippen LogP contribution is -2.34. The fourth-order valence-electron chi connectivity index (χ4n) is 12.0. The van der Waals surface area contributed by atoms with Gasteiger partial charge in [-0.25, -0.2) is 0 Å². The molecule has 78 heavy (non-hydrogen) atoms. The molecule has 0 saturated heterocycles. The van der Waals surface area contributed by atoms with Crippen molar-refractivity contribution in [1.82, 2.24) is 15.5 Å². The lowest BCUT2D eigenvalue weighted by molar-refractivity contribution is -0.138. The van der Waals surface area contributed by atoms with Gasteiger partial charge in [0.15, 0.2) is 0 Å². The Bertz CT molecular complexity index is 2800. The summed E-state index contributed by atoms with van der Waals surface area (Å²) in [6, 6.07) is 25.9. The maximum absolute atomic E-state index is 14.1. The SMILES string of the molecule is C=C1CC(NC(CCCCCC)CCCCCC)c2ccc3c4ccc(C(=O)NC=O)c5c(C(CCCCCC)CCCCCC)ccc(c6c(-c7ccc(C)cc7)cc1c2c36)c54.C=CCN(C)CCC.CC(C)(C)OC=O. The normalized spacial score (nSPS) is 13.3. The van der Waals surface area contributed by atoms with Gasteiger partial charge in [-0.15, -0.1) is 6.58 Å². The predicted octanol–water partition coefficient (Wildman–Crippen LogP) is 19.5. The Labute approximate surface area is 472 Å². The van der Waals surface area contributed by atoms with Crippen LogP contribution in [0.3, 0.4) is 0 Å². The number of likely N-dealkylation sites (N-methyl/N-ethyl adjacent to an activating group) is 1. The molecule has 0 radical (unpaired) electrons. The number of ether oxygens (including phenoxy) is 1. The molecule has 1 aliphatic rings. The molecule has 0 bridgehead atoms. The summed E-state index contributed by atoms with van der Waals surface area (Å²) < 4.78 is 4.55. The second-order valence-corrected chi connectivity index (χ2v) is 23.6. The molecular weight excluding hydrogens is 959 g/mol. The third kappa shape index (κ3) is 17.3. The highest BCUT2D eigenvalue weighted by atomic mass is 16.5. The summed E-state index contributed by atoms with van der Waals surface area (Å²) in [6.07, 6.45) is 29.2. The molecule has 0 aromatic heterocycles. The van der Waals surface area contributed by atoms with Crippen molar-refractivity contribution in [2.45, 2.75) is 227 Å². The van der Waals surface area contributed by atoms with Gasteiger partial charge in [-0.05, 0) is 174 Å². The molecule has 6 aromatic carbocycles. The highest BCUT2D eigenvalue weighted by Gasteiger charge is 2.31. The average Bonchev–Trinajstić information content (AvgIpc) is 3.51. The second-order valence-electron chi connectivity index (χ2n) is 23.6. The zero-order valence-corrected chi connectivity index (χ0v) is 50.3. The molecule has 7 heteroatoms. The van der Waals surface area contributed by atoms with Gasteiger partial charge in [0.2, 0.25) is 6.41 Å². The van der Waals surface area contributed by atoms with Crippen LogP contribution < -0.4 is 10.6 Å². The van der Waals surface area contributed by atoms with Gasteiger partial charge >= 0.3 is 0 Å². The number of nitrogens with one attached hydrogen (secondary N) is 2. The Morgan fingerprint density at radius 2 is 1.23 bits per heavy atom. The predicted molar refractivity (Wildman–Crippen MR) is 337 cm³/mol. The van der Waals surface area contributed by atoms with Gasteiger partial charge in [-0.2, -0.15) is 0 Å². The van der Waals surface area contributed by atoms with Gasteiger partial charge in [0.05, 0.1) is 0 Å². The molecule has 6 aromatic rings. The monoisotopic (exact) mass is 1060 g/mol. The number of rotatable bonds is 31. The van der Waals surface area contributed by atoms with E-state index in [1.165, 1.54) is 200 Å². The number of nitrogens with zero attached hydrogens (tertiary/aromatic N) is 1. The lowest BCUT2D eigenvalue weighted by atomic mass is 9.75. The number of carbonyl (C=O) groups is 3. The smallest absolute Gasteiger partial charge is 0.293 e. The molecule has 0 heterocycles. The Kier molecular flexibility index (Phi) is 26.6. The van der Waals surface area contributed by atoms with E-state index in [4.69, 9.17) is 6.58 Å². The van der Waals surface area contributed by atoms with Crippen molar-refractivity contribution in [3.8, 4) is 11.1 Å². The third-order valence-electron chi connectivity index (χ3n) is 16.0. The molecule has 0 aliphatic heterocycles. The first-order chi connectivity index (χ1) is 37.7. The zero-order chi connectivity index (χ0) is 56.6. The van der Waals surface area contributed by atoms with E-state index in [0.717, 1.165) is 36.6 Å². The fourth-order valence-corrected chi connectivity index (χ4v) is 12.0. The molecule has 1 unspecified atom stereocenters. The maximum Gasteiger partial charge on any atom is 0.293 e. The van der Waals surface area contributed by atoms with E-state index in [-0.39, 0.29) is 17.6 Å². The summed E-state index contributed by atoms with van der Waals surface area (Å²) >= 11 is 0. The van der Waals surface area contributed by atoms with Crippen LogP contribution in [0, 0.1) is 6.92 Å². The van der Waals surface area contributed by atoms with Crippen molar-refractivity contribution in [3.63, 3.8) is 0 Å². The third-order valence-corrected chi connectivity index (χ3v) is 16.0. The standard InChI is InChI=1S/C59H76N2O2.C7H15N.C5H10O2/c1-7-11-15-19-23-42(24-20-16-12-8-2)45-31-35-49-55-46(33-36-50(54(45)55)59(63)60-39-62)47-32-34-48-53(61-44(25-21-17-13-9-3)26-22-18-14-10-4)37-41(6)51-38-52(57(49)58(47)56(48)51)43-29-27-40(5)28-30-43;1-4-6-8(3)7-5-2;1-5(2,3)7-4-6/h27-36,38-39,42,44,53,61H,6-26,37H2,1-5H3,(H,60,62,63);4H,1,5-7H2,2-3H3;4H,1-3H3. The van der Waals surface area contributed by atoms with E-state index in [1.807, 2.05) is 32.9 Å². The van der Waals surface area contributed by atoms with Crippen molar-refractivity contribution < 1.29 is 19.1 Å². The minimum absolute atomic E-state index is 0.193. The molecular formula is C71H101N3O4. The second kappa shape index (κ2) is 32.6. The minimum atomic E-state index is -0.329. The van der Waals surface area contributed by atoms with Gasteiger partial charge in [0.1, 0.15) is 5.60 Å². The minimum Gasteiger partial charge on any atom is -0.462 e. The summed E-state index contributed by atoms with van der Waals surface area (Å²) in [6.45, 7) is 30.1. The number of hydrogen-bond acceptors (Lipinski definition) is 6. The van der Waals surface area contributed by atoms with Gasteiger partial charge in [-0.3, -0.25) is 19.7 Å². The summed E-state index contributed by atoms with van der Waals surface area (Å²) in [5.41, 5.74) is 9.03. The van der Waals surface area contributed by atoms with Crippen LogP contribution in [0.25, 0.3) is 59.8 Å². The summed E-state index contributed by atoms with van der Waals surface area (Å²) in [5, 5.41) is 16.5. The summed E-state index contributed by atoms with van der Waals surface area (Å²) in [4.78, 5) is 37.8. The Morgan fingerprint density at radius 1 is 0.667 bits per heavy atom. The van der Waals surface area contributed by atoms with E-state index in [2.05, 4.69) is 136 Å². The van der Waals surface area contributed by atoms with E-state index in [9.17, 15) is 14.4 Å². The first-order valence-corrected chi connectivity index (χ1v) is 30.6. The molecule has 1 aliphatic carbocycles. The first kappa shape index (κ1) is 63.5. The van der Waals surface area contributed by atoms with Gasteiger partial charge in [0.25, 0.3) is 12.4 Å². The summed E-state index contributed by atoms with van der Waals surface area (Å²) in [5.74, 6) is -0.00389. The molecule has 0 saturated carbocycles. The molecule has 2 N–H and O–H groups in total. The largest absolute Gasteiger partial charge is 0.462 e. The fraction of sp³-hybridized carbons (Fsp3) is 0.535. The zero-order valence-electron chi connectivity index (χ0n) is 50.3. The van der Waals surface area contributed by atoms with Crippen molar-refractivity contribution in [2.24, 2.45) is 0 Å². The van der Waals surface area contributed by atoms with E-state index in [1.54, 1.807) is 0 Å². The van der Waals surface area contributed by atoms with Gasteiger partial charge in [0, 0.05) is 24.2 Å². The molecule has 0 spiro atoms. The highest BCUT2D eigenvalue weighted by Crippen LogP contribution is 2.52. The lowest BCUT2D eigenvalue weighted by Gasteiger charge is -2.34. The Hall–Kier alpha value is -5.37. The van der Waals surface area contributed by atoms with Crippen LogP contribution in [0.1, 0.15) is 241 Å². The van der Waals surface area contributed by atoms with Crippen LogP contribution in [0.5, 0.6) is 0 Å². The average molecular weight is 1060 g/mol. The molecule has 424 valence electrons. The van der Waals surface area contributed by atoms with Crippen molar-refractivity contribution in [3.05, 3.63) is 114 Å². The number of carbonyl (C=O) groups excluding carboxylic acids is 3. The van der Waals surface area contributed by atoms with Crippen LogP contribution in [0.4, 0.5) is 0 Å². The van der Waals surface area contributed by atoms with Gasteiger partial charge in [-0.1, -0.05) is 210 Å². The molecule has 7 nitrogen and oxygen atoms in total. The quantitative estimate of drug-likeness (QED) is 0.0148. The molecule has 2 amide bonds. The van der Waals surface area contributed by atoms with Crippen molar-refractivity contribution >= 4 is 67.5 Å². The number of imide groups is 1. The molecule has 1 atom stereocenters. The van der Waals surface area contributed by atoms with Crippen LogP contribution in [-0.4, -0.2) is 55.5 Å². The number of benzene rings is 6. The van der Waals surface area contributed by atoms with Crippen molar-refractivity contribution in [2.75, 3.05) is 20.1 Å². The van der Waals surface area contributed by atoms with E-state index >= 15 is 0 Å². The number of amides is 2. The number of hydrogen-bond donors (Lipinski definition) is 2. The van der Waals surface area contributed by atoms with Crippen molar-refractivity contribution in [1.29, 1.82) is 0 Å². The first-order valence-electron chi connectivity index (χ1n) is 30.6. The Balaban J connectivity index is 0.000000654. The highest BCUT2D eigenvalue weighted by molar-refractivity contribution is 6.38.